The van der Waals surface area contributed by atoms with E-state index < -0.39 is 0 Å². The first-order chi connectivity index (χ1) is 5.23. The molecule has 2 atom stereocenters. The van der Waals surface area contributed by atoms with Crippen molar-refractivity contribution in [2.75, 3.05) is 0 Å². The molecule has 2 aliphatic rings. The van der Waals surface area contributed by atoms with E-state index in [9.17, 15) is 0 Å². The van der Waals surface area contributed by atoms with Crippen LogP contribution in [0.1, 0.15) is 25.7 Å². The summed E-state index contributed by atoms with van der Waals surface area (Å²) in [6, 6.07) is 0. The molecule has 0 bridgehead atoms. The molecule has 0 spiro atoms. The van der Waals surface area contributed by atoms with Gasteiger partial charge in [-0.15, -0.1) is 0 Å². The highest BCUT2D eigenvalue weighted by atomic mass is 79.9. The van der Waals surface area contributed by atoms with Gasteiger partial charge in [0.2, 0.25) is 0 Å². The van der Waals surface area contributed by atoms with Gasteiger partial charge in [0.15, 0.2) is 0 Å². The van der Waals surface area contributed by atoms with Gasteiger partial charge in [0, 0.05) is 0 Å². The zero-order valence-corrected chi connectivity index (χ0v) is 9.57. The highest BCUT2D eigenvalue weighted by molar-refractivity contribution is 9.25. The number of hydrogen-bond donors (Lipinski definition) is 0. The molecule has 0 aliphatic heterocycles. The van der Waals surface area contributed by atoms with E-state index in [4.69, 9.17) is 0 Å². The van der Waals surface area contributed by atoms with Crippen LogP contribution in [0.3, 0.4) is 0 Å². The van der Waals surface area contributed by atoms with Crippen LogP contribution < -0.4 is 0 Å². The Labute approximate surface area is 84.7 Å². The Balaban J connectivity index is 2.02. The topological polar surface area (TPSA) is 0 Å². The minimum absolute atomic E-state index is 0.312. The summed E-state index contributed by atoms with van der Waals surface area (Å²) in [5, 5.41) is 0. The van der Waals surface area contributed by atoms with Crippen molar-refractivity contribution in [2.45, 2.75) is 28.9 Å². The molecule has 2 aliphatic carbocycles. The molecular formula is C9H12Br2. The fraction of sp³-hybridized carbons (Fsp3) is 0.778. The Morgan fingerprint density at radius 3 is 1.91 bits per heavy atom. The van der Waals surface area contributed by atoms with Crippen molar-refractivity contribution in [1.29, 1.82) is 0 Å². The fourth-order valence-corrected chi connectivity index (χ4v) is 3.96. The molecule has 0 radical (unpaired) electrons. The molecule has 0 unspecified atom stereocenters. The second kappa shape index (κ2) is 2.88. The summed E-state index contributed by atoms with van der Waals surface area (Å²) in [4.78, 5) is 0. The maximum Gasteiger partial charge on any atom is 0.0868 e. The first-order valence-electron chi connectivity index (χ1n) is 4.25. The molecule has 2 rings (SSSR count). The van der Waals surface area contributed by atoms with Crippen molar-refractivity contribution in [3.8, 4) is 0 Å². The van der Waals surface area contributed by atoms with E-state index in [1.165, 1.54) is 25.7 Å². The number of alkyl halides is 2. The highest BCUT2D eigenvalue weighted by Crippen LogP contribution is 2.65. The standard InChI is InChI=1S/C9H12Br2/c10-9(11)7-5-3-1-2-4-6-8(7)9/h1-2,7-8H,3-6H2/b2-1+/t7-,8+. The maximum absolute atomic E-state index is 3.74. The molecular weight excluding hydrogens is 268 g/mol. The molecule has 2 heteroatoms. The van der Waals surface area contributed by atoms with Crippen molar-refractivity contribution in [2.24, 2.45) is 11.8 Å². The summed E-state index contributed by atoms with van der Waals surface area (Å²) < 4.78 is 0.312. The van der Waals surface area contributed by atoms with Gasteiger partial charge >= 0.3 is 0 Å². The number of allylic oxidation sites excluding steroid dienone is 2. The Kier molecular flexibility index (Phi) is 2.17. The monoisotopic (exact) mass is 278 g/mol. The second-order valence-corrected chi connectivity index (χ2v) is 7.20. The van der Waals surface area contributed by atoms with Gasteiger partial charge in [-0.3, -0.25) is 0 Å². The van der Waals surface area contributed by atoms with Crippen LogP contribution in [-0.2, 0) is 0 Å². The van der Waals surface area contributed by atoms with Crippen molar-refractivity contribution >= 4 is 31.9 Å². The van der Waals surface area contributed by atoms with Crippen LogP contribution in [0.4, 0.5) is 0 Å². The molecule has 0 saturated heterocycles. The lowest BCUT2D eigenvalue weighted by Crippen LogP contribution is -1.87. The normalized spacial score (nSPS) is 43.5. The SMILES string of the molecule is BrC1(Br)[C@@H]2CC/C=C/CC[C@@H]21. The van der Waals surface area contributed by atoms with E-state index in [0.717, 1.165) is 11.8 Å². The maximum atomic E-state index is 3.74. The Morgan fingerprint density at radius 2 is 1.45 bits per heavy atom. The molecule has 0 aromatic rings. The van der Waals surface area contributed by atoms with E-state index in [1.807, 2.05) is 0 Å². The van der Waals surface area contributed by atoms with Gasteiger partial charge in [0.25, 0.3) is 0 Å². The van der Waals surface area contributed by atoms with E-state index >= 15 is 0 Å². The lowest BCUT2D eigenvalue weighted by molar-refractivity contribution is 0.605. The van der Waals surface area contributed by atoms with E-state index in [2.05, 4.69) is 44.0 Å². The van der Waals surface area contributed by atoms with E-state index in [0.29, 0.717) is 3.23 Å². The van der Waals surface area contributed by atoms with Gasteiger partial charge < -0.3 is 0 Å². The summed E-state index contributed by atoms with van der Waals surface area (Å²) in [6.45, 7) is 0. The molecule has 0 amide bonds. The van der Waals surface area contributed by atoms with Crippen LogP contribution in [0, 0.1) is 11.8 Å². The molecule has 1 saturated carbocycles. The summed E-state index contributed by atoms with van der Waals surface area (Å²) in [7, 11) is 0. The van der Waals surface area contributed by atoms with Crippen LogP contribution >= 0.6 is 31.9 Å². The summed E-state index contributed by atoms with van der Waals surface area (Å²) in [6.07, 6.45) is 9.87. The zero-order chi connectivity index (χ0) is 7.90. The van der Waals surface area contributed by atoms with Crippen molar-refractivity contribution < 1.29 is 0 Å². The predicted octanol–water partition coefficient (Wildman–Crippen LogP) is 3.85. The molecule has 0 aromatic heterocycles. The lowest BCUT2D eigenvalue weighted by Gasteiger charge is -1.98. The molecule has 0 aromatic carbocycles. The smallest absolute Gasteiger partial charge is 0.0868 e. The average Bonchev–Trinajstić information content (AvgIpc) is 2.29. The van der Waals surface area contributed by atoms with Crippen molar-refractivity contribution in [3.05, 3.63) is 12.2 Å². The third-order valence-corrected chi connectivity index (χ3v) is 5.17. The predicted molar refractivity (Wildman–Crippen MR) is 55.2 cm³/mol. The number of fused-ring (bicyclic) bond motifs is 1. The van der Waals surface area contributed by atoms with Gasteiger partial charge in [-0.2, -0.15) is 0 Å². The fourth-order valence-electron chi connectivity index (χ4n) is 2.04. The quantitative estimate of drug-likeness (QED) is 0.467. The largest absolute Gasteiger partial charge is 0.0885 e. The minimum Gasteiger partial charge on any atom is -0.0885 e. The zero-order valence-electron chi connectivity index (χ0n) is 6.39. The Hall–Kier alpha value is 0.700. The third-order valence-electron chi connectivity index (χ3n) is 2.82. The van der Waals surface area contributed by atoms with Crippen LogP contribution in [0.5, 0.6) is 0 Å². The van der Waals surface area contributed by atoms with Gasteiger partial charge in [0.05, 0.1) is 3.23 Å². The van der Waals surface area contributed by atoms with E-state index in [-0.39, 0.29) is 0 Å². The number of rotatable bonds is 0. The highest BCUT2D eigenvalue weighted by Gasteiger charge is 2.60. The number of hydrogen-bond acceptors (Lipinski definition) is 0. The molecule has 0 nitrogen and oxygen atoms in total. The average molecular weight is 280 g/mol. The molecule has 0 N–H and O–H groups in total. The minimum atomic E-state index is 0.312. The van der Waals surface area contributed by atoms with Gasteiger partial charge in [0.1, 0.15) is 0 Å². The van der Waals surface area contributed by atoms with Crippen molar-refractivity contribution in [1.82, 2.24) is 0 Å². The van der Waals surface area contributed by atoms with Crippen LogP contribution in [-0.4, -0.2) is 3.23 Å². The van der Waals surface area contributed by atoms with Gasteiger partial charge in [-0.05, 0) is 37.5 Å². The van der Waals surface area contributed by atoms with Crippen LogP contribution in [0.2, 0.25) is 0 Å². The first-order valence-corrected chi connectivity index (χ1v) is 5.84. The van der Waals surface area contributed by atoms with Gasteiger partial charge in [-0.1, -0.05) is 44.0 Å². The second-order valence-electron chi connectivity index (χ2n) is 3.51. The van der Waals surface area contributed by atoms with Crippen LogP contribution in [0.25, 0.3) is 0 Å². The molecule has 1 fully saturated rings. The third kappa shape index (κ3) is 1.44. The van der Waals surface area contributed by atoms with Crippen molar-refractivity contribution in [3.63, 3.8) is 0 Å². The Bertz CT molecular complexity index is 166. The molecule has 11 heavy (non-hydrogen) atoms. The van der Waals surface area contributed by atoms with Gasteiger partial charge in [-0.25, -0.2) is 0 Å². The first kappa shape index (κ1) is 8.31. The summed E-state index contributed by atoms with van der Waals surface area (Å²) >= 11 is 7.48. The van der Waals surface area contributed by atoms with Crippen LogP contribution in [0.15, 0.2) is 12.2 Å². The number of halogens is 2. The molecule has 62 valence electrons. The molecule has 0 heterocycles. The summed E-state index contributed by atoms with van der Waals surface area (Å²) in [5.74, 6) is 1.76. The van der Waals surface area contributed by atoms with E-state index in [1.54, 1.807) is 0 Å². The lowest BCUT2D eigenvalue weighted by atomic mass is 10.1. The summed E-state index contributed by atoms with van der Waals surface area (Å²) in [5.41, 5.74) is 0. The Morgan fingerprint density at radius 1 is 1.00 bits per heavy atom.